The molecular formula is C27H33N3O4S. The van der Waals surface area contributed by atoms with Crippen LogP contribution in [0.2, 0.25) is 0 Å². The van der Waals surface area contributed by atoms with Crippen LogP contribution in [-0.2, 0) is 16.1 Å². The van der Waals surface area contributed by atoms with E-state index in [0.717, 1.165) is 16.9 Å². The number of hydrogen-bond donors (Lipinski definition) is 2. The van der Waals surface area contributed by atoms with Crippen molar-refractivity contribution >= 4 is 29.5 Å². The number of nitrogens with zero attached hydrogens (tertiary/aromatic N) is 1. The van der Waals surface area contributed by atoms with E-state index in [1.54, 1.807) is 23.8 Å². The number of hydrogen-bond acceptors (Lipinski definition) is 5. The normalized spacial score (nSPS) is 20.9. The third-order valence-corrected chi connectivity index (χ3v) is 8.02. The Kier molecular flexibility index (Phi) is 7.12. The molecule has 2 aliphatic heterocycles. The lowest BCUT2D eigenvalue weighted by Gasteiger charge is -2.31. The topological polar surface area (TPSA) is 87.7 Å². The first-order chi connectivity index (χ1) is 16.6. The van der Waals surface area contributed by atoms with E-state index >= 15 is 0 Å². The standard InChI is InChI=1S/C27H33N3O4S/c1-16(2)13-21(23(31)28-15-17-9-8-10-18(14-17)34-5)29-24(32)22-27(3,4)35-26-20-12-7-6-11-19(20)25(33)30(22)26/h6-12,14,16,21-22,26H,13,15H2,1-5H3,(H,28,31)(H,29,32)/t21-,22+,26?/m0/s1. The summed E-state index contributed by atoms with van der Waals surface area (Å²) in [6, 6.07) is 13.6. The van der Waals surface area contributed by atoms with Crippen molar-refractivity contribution in [3.63, 3.8) is 0 Å². The fourth-order valence-electron chi connectivity index (χ4n) is 4.85. The maximum Gasteiger partial charge on any atom is 0.256 e. The quantitative estimate of drug-likeness (QED) is 0.580. The number of nitrogens with one attached hydrogen (secondary N) is 2. The molecule has 2 aromatic rings. The zero-order valence-corrected chi connectivity index (χ0v) is 21.6. The number of fused-ring (bicyclic) bond motifs is 3. The summed E-state index contributed by atoms with van der Waals surface area (Å²) in [4.78, 5) is 41.7. The molecule has 1 saturated heterocycles. The first-order valence-electron chi connectivity index (χ1n) is 11.9. The van der Waals surface area contributed by atoms with Crippen molar-refractivity contribution in [3.05, 3.63) is 65.2 Å². The molecule has 2 heterocycles. The number of amides is 3. The van der Waals surface area contributed by atoms with E-state index in [-0.39, 0.29) is 29.0 Å². The number of rotatable bonds is 8. The molecule has 4 rings (SSSR count). The molecular weight excluding hydrogens is 462 g/mol. The zero-order chi connectivity index (χ0) is 25.3. The highest BCUT2D eigenvalue weighted by Gasteiger charge is 2.57. The van der Waals surface area contributed by atoms with Crippen LogP contribution in [-0.4, -0.2) is 46.6 Å². The molecule has 3 amide bonds. The minimum absolute atomic E-state index is 0.133. The molecule has 0 saturated carbocycles. The van der Waals surface area contributed by atoms with Gasteiger partial charge in [0.2, 0.25) is 11.8 Å². The summed E-state index contributed by atoms with van der Waals surface area (Å²) >= 11 is 1.61. The van der Waals surface area contributed by atoms with Gasteiger partial charge in [-0.1, -0.05) is 44.2 Å². The summed E-state index contributed by atoms with van der Waals surface area (Å²) in [5.41, 5.74) is 2.50. The van der Waals surface area contributed by atoms with Crippen molar-refractivity contribution in [2.75, 3.05) is 7.11 Å². The number of ether oxygens (including phenoxy) is 1. The molecule has 0 spiro atoms. The number of methoxy groups -OCH3 is 1. The van der Waals surface area contributed by atoms with Crippen LogP contribution >= 0.6 is 11.8 Å². The second-order valence-electron chi connectivity index (χ2n) is 10.0. The van der Waals surface area contributed by atoms with Crippen molar-refractivity contribution in [2.45, 2.75) is 62.9 Å². The average molecular weight is 496 g/mol. The van der Waals surface area contributed by atoms with Crippen LogP contribution in [0.5, 0.6) is 5.75 Å². The van der Waals surface area contributed by atoms with E-state index < -0.39 is 16.8 Å². The molecule has 186 valence electrons. The molecule has 2 aliphatic rings. The van der Waals surface area contributed by atoms with E-state index in [1.807, 2.05) is 76.2 Å². The van der Waals surface area contributed by atoms with Gasteiger partial charge in [-0.25, -0.2) is 0 Å². The van der Waals surface area contributed by atoms with E-state index in [1.165, 1.54) is 0 Å². The average Bonchev–Trinajstić information content (AvgIpc) is 3.25. The summed E-state index contributed by atoms with van der Waals surface area (Å²) in [5, 5.41) is 5.73. The highest BCUT2D eigenvalue weighted by atomic mass is 32.2. The minimum Gasteiger partial charge on any atom is -0.497 e. The van der Waals surface area contributed by atoms with Gasteiger partial charge in [0.25, 0.3) is 5.91 Å². The second kappa shape index (κ2) is 9.93. The van der Waals surface area contributed by atoms with E-state index in [4.69, 9.17) is 4.74 Å². The van der Waals surface area contributed by atoms with Crippen molar-refractivity contribution in [2.24, 2.45) is 5.92 Å². The molecule has 0 aromatic heterocycles. The molecule has 2 aromatic carbocycles. The van der Waals surface area contributed by atoms with E-state index in [2.05, 4.69) is 10.6 Å². The number of carbonyl (C=O) groups is 3. The molecule has 0 radical (unpaired) electrons. The van der Waals surface area contributed by atoms with Gasteiger partial charge in [0.05, 0.1) is 7.11 Å². The van der Waals surface area contributed by atoms with Crippen molar-refractivity contribution in [3.8, 4) is 5.75 Å². The first kappa shape index (κ1) is 25.1. The van der Waals surface area contributed by atoms with Crippen LogP contribution in [0, 0.1) is 5.92 Å². The Morgan fingerprint density at radius 1 is 1.14 bits per heavy atom. The zero-order valence-electron chi connectivity index (χ0n) is 20.8. The fourth-order valence-corrected chi connectivity index (χ4v) is 6.44. The van der Waals surface area contributed by atoms with Gasteiger partial charge in [-0.15, -0.1) is 11.8 Å². The fraction of sp³-hybridized carbons (Fsp3) is 0.444. The largest absolute Gasteiger partial charge is 0.497 e. The van der Waals surface area contributed by atoms with Gasteiger partial charge in [-0.3, -0.25) is 14.4 Å². The monoisotopic (exact) mass is 495 g/mol. The number of benzene rings is 2. The molecule has 2 N–H and O–H groups in total. The second-order valence-corrected chi connectivity index (χ2v) is 11.8. The highest BCUT2D eigenvalue weighted by Crippen LogP contribution is 2.56. The maximum absolute atomic E-state index is 13.6. The van der Waals surface area contributed by atoms with Crippen LogP contribution in [0.25, 0.3) is 0 Å². The Bertz CT molecular complexity index is 1130. The Morgan fingerprint density at radius 3 is 2.60 bits per heavy atom. The Balaban J connectivity index is 1.50. The van der Waals surface area contributed by atoms with Gasteiger partial charge in [-0.2, -0.15) is 0 Å². The van der Waals surface area contributed by atoms with Crippen LogP contribution in [0.15, 0.2) is 48.5 Å². The van der Waals surface area contributed by atoms with Crippen molar-refractivity contribution in [1.29, 1.82) is 0 Å². The third kappa shape index (κ3) is 5.03. The SMILES string of the molecule is COc1cccc(CNC(=O)[C@H](CC(C)C)NC(=O)[C@H]2N3C(=O)c4ccccc4C3SC2(C)C)c1. The van der Waals surface area contributed by atoms with Crippen LogP contribution in [0.3, 0.4) is 0 Å². The summed E-state index contributed by atoms with van der Waals surface area (Å²) in [7, 11) is 1.60. The molecule has 0 bridgehead atoms. The summed E-state index contributed by atoms with van der Waals surface area (Å²) in [5.74, 6) is 0.237. The molecule has 8 heteroatoms. The van der Waals surface area contributed by atoms with Gasteiger partial charge >= 0.3 is 0 Å². The van der Waals surface area contributed by atoms with Gasteiger partial charge in [0, 0.05) is 16.9 Å². The van der Waals surface area contributed by atoms with Gasteiger partial charge in [0.15, 0.2) is 0 Å². The molecule has 0 aliphatic carbocycles. The first-order valence-corrected chi connectivity index (χ1v) is 12.8. The smallest absolute Gasteiger partial charge is 0.256 e. The van der Waals surface area contributed by atoms with E-state index in [0.29, 0.717) is 18.5 Å². The van der Waals surface area contributed by atoms with Crippen molar-refractivity contribution < 1.29 is 19.1 Å². The lowest BCUT2D eigenvalue weighted by Crippen LogP contribution is -2.57. The summed E-state index contributed by atoms with van der Waals surface area (Å²) < 4.78 is 4.75. The Labute approximate surface area is 211 Å². The molecule has 1 unspecified atom stereocenters. The molecule has 35 heavy (non-hydrogen) atoms. The van der Waals surface area contributed by atoms with Crippen LogP contribution in [0.1, 0.15) is 61.0 Å². The number of carbonyl (C=O) groups excluding carboxylic acids is 3. The van der Waals surface area contributed by atoms with Crippen LogP contribution < -0.4 is 15.4 Å². The van der Waals surface area contributed by atoms with Gasteiger partial charge in [-0.05, 0) is 55.5 Å². The summed E-state index contributed by atoms with van der Waals surface area (Å²) in [6.45, 7) is 8.32. The van der Waals surface area contributed by atoms with Gasteiger partial charge in [0.1, 0.15) is 23.2 Å². The Morgan fingerprint density at radius 2 is 1.89 bits per heavy atom. The maximum atomic E-state index is 13.6. The predicted octanol–water partition coefficient (Wildman–Crippen LogP) is 3.89. The third-order valence-electron chi connectivity index (χ3n) is 6.49. The van der Waals surface area contributed by atoms with Crippen molar-refractivity contribution in [1.82, 2.24) is 15.5 Å². The Hall–Kier alpha value is -3.00. The van der Waals surface area contributed by atoms with Crippen LogP contribution in [0.4, 0.5) is 0 Å². The number of thioether (sulfide) groups is 1. The van der Waals surface area contributed by atoms with Gasteiger partial charge < -0.3 is 20.3 Å². The molecule has 3 atom stereocenters. The lowest BCUT2D eigenvalue weighted by atomic mass is 9.98. The van der Waals surface area contributed by atoms with E-state index in [9.17, 15) is 14.4 Å². The lowest BCUT2D eigenvalue weighted by molar-refractivity contribution is -0.132. The predicted molar refractivity (Wildman–Crippen MR) is 137 cm³/mol. The summed E-state index contributed by atoms with van der Waals surface area (Å²) in [6.07, 6.45) is 0.494. The molecule has 1 fully saturated rings. The molecule has 7 nitrogen and oxygen atoms in total. The highest BCUT2D eigenvalue weighted by molar-refractivity contribution is 8.01. The minimum atomic E-state index is -0.701.